The van der Waals surface area contributed by atoms with Crippen LogP contribution in [0.2, 0.25) is 0 Å². The number of hydrogen-bond acceptors (Lipinski definition) is 3. The van der Waals surface area contributed by atoms with E-state index < -0.39 is 0 Å². The Balaban J connectivity index is 1.82. The Morgan fingerprint density at radius 1 is 1.53 bits per heavy atom. The molecule has 1 aliphatic carbocycles. The highest BCUT2D eigenvalue weighted by Crippen LogP contribution is 2.28. The van der Waals surface area contributed by atoms with Crippen molar-refractivity contribution in [1.29, 1.82) is 0 Å². The van der Waals surface area contributed by atoms with Crippen molar-refractivity contribution in [2.45, 2.75) is 38.6 Å². The van der Waals surface area contributed by atoms with Gasteiger partial charge in [-0.05, 0) is 32.5 Å². The summed E-state index contributed by atoms with van der Waals surface area (Å²) < 4.78 is 1.96. The van der Waals surface area contributed by atoms with Crippen LogP contribution in [0.4, 0.5) is 0 Å². The molecule has 1 fully saturated rings. The Labute approximate surface area is 115 Å². The van der Waals surface area contributed by atoms with Gasteiger partial charge in [-0.25, -0.2) is 0 Å². The summed E-state index contributed by atoms with van der Waals surface area (Å²) in [5.41, 5.74) is 0.533. The summed E-state index contributed by atoms with van der Waals surface area (Å²) in [6.07, 6.45) is 6.85. The summed E-state index contributed by atoms with van der Waals surface area (Å²) in [5, 5.41) is 7.31. The summed E-state index contributed by atoms with van der Waals surface area (Å²) >= 11 is 0. The Bertz CT molecular complexity index is 409. The molecular formula is C14H24N4O. The lowest BCUT2D eigenvalue weighted by atomic mass is 10.3. The predicted molar refractivity (Wildman–Crippen MR) is 75.2 cm³/mol. The van der Waals surface area contributed by atoms with Gasteiger partial charge in [-0.1, -0.05) is 19.8 Å². The van der Waals surface area contributed by atoms with Crippen LogP contribution >= 0.6 is 0 Å². The van der Waals surface area contributed by atoms with Crippen LogP contribution in [0.5, 0.6) is 0 Å². The van der Waals surface area contributed by atoms with Gasteiger partial charge in [0.25, 0.3) is 5.91 Å². The summed E-state index contributed by atoms with van der Waals surface area (Å²) in [5.74, 6) is -0.0683. The van der Waals surface area contributed by atoms with Gasteiger partial charge >= 0.3 is 0 Å². The van der Waals surface area contributed by atoms with Crippen LogP contribution in [0.1, 0.15) is 49.1 Å². The van der Waals surface area contributed by atoms with E-state index in [4.69, 9.17) is 0 Å². The maximum absolute atomic E-state index is 11.9. The van der Waals surface area contributed by atoms with Gasteiger partial charge in [0.2, 0.25) is 0 Å². The number of aromatic nitrogens is 2. The molecule has 0 radical (unpaired) electrons. The van der Waals surface area contributed by atoms with Gasteiger partial charge in [-0.3, -0.25) is 9.48 Å². The van der Waals surface area contributed by atoms with Gasteiger partial charge in [0, 0.05) is 19.3 Å². The SMILES string of the molecule is CCN(C)CCNC(=O)c1ccn(C2CCCC2)n1. The molecule has 0 aliphatic heterocycles. The third-order valence-corrected chi connectivity index (χ3v) is 3.86. The van der Waals surface area contributed by atoms with Crippen molar-refractivity contribution in [2.75, 3.05) is 26.7 Å². The first kappa shape index (κ1) is 14.1. The molecule has 0 bridgehead atoms. The molecule has 1 aromatic rings. The molecule has 2 rings (SSSR count). The molecule has 5 heteroatoms. The van der Waals surface area contributed by atoms with Crippen molar-refractivity contribution in [3.8, 4) is 0 Å². The monoisotopic (exact) mass is 264 g/mol. The minimum absolute atomic E-state index is 0.0683. The van der Waals surface area contributed by atoms with Gasteiger partial charge in [-0.2, -0.15) is 5.10 Å². The fourth-order valence-corrected chi connectivity index (χ4v) is 2.44. The largest absolute Gasteiger partial charge is 0.349 e. The molecule has 106 valence electrons. The average Bonchev–Trinajstić information content (AvgIpc) is 3.08. The average molecular weight is 264 g/mol. The lowest BCUT2D eigenvalue weighted by Gasteiger charge is -2.13. The van der Waals surface area contributed by atoms with Gasteiger partial charge < -0.3 is 10.2 Å². The van der Waals surface area contributed by atoms with E-state index in [0.29, 0.717) is 18.3 Å². The van der Waals surface area contributed by atoms with E-state index in [9.17, 15) is 4.79 Å². The fourth-order valence-electron chi connectivity index (χ4n) is 2.44. The summed E-state index contributed by atoms with van der Waals surface area (Å²) in [7, 11) is 2.04. The first-order chi connectivity index (χ1) is 9.20. The highest BCUT2D eigenvalue weighted by Gasteiger charge is 2.18. The number of amides is 1. The Hall–Kier alpha value is -1.36. The number of nitrogens with zero attached hydrogens (tertiary/aromatic N) is 3. The van der Waals surface area contributed by atoms with Crippen molar-refractivity contribution in [2.24, 2.45) is 0 Å². The number of hydrogen-bond donors (Lipinski definition) is 1. The van der Waals surface area contributed by atoms with E-state index in [1.165, 1.54) is 25.7 Å². The van der Waals surface area contributed by atoms with Gasteiger partial charge in [0.1, 0.15) is 5.69 Å². The minimum Gasteiger partial charge on any atom is -0.349 e. The number of carbonyl (C=O) groups excluding carboxylic acids is 1. The second-order valence-corrected chi connectivity index (χ2v) is 5.27. The van der Waals surface area contributed by atoms with E-state index in [-0.39, 0.29) is 5.91 Å². The highest BCUT2D eigenvalue weighted by molar-refractivity contribution is 5.92. The summed E-state index contributed by atoms with van der Waals surface area (Å²) in [4.78, 5) is 14.1. The van der Waals surface area contributed by atoms with Gasteiger partial charge in [-0.15, -0.1) is 0 Å². The van der Waals surface area contributed by atoms with Gasteiger partial charge in [0.05, 0.1) is 6.04 Å². The number of carbonyl (C=O) groups is 1. The zero-order valence-electron chi connectivity index (χ0n) is 11.9. The molecule has 19 heavy (non-hydrogen) atoms. The molecule has 1 N–H and O–H groups in total. The third-order valence-electron chi connectivity index (χ3n) is 3.86. The molecule has 0 atom stereocenters. The Morgan fingerprint density at radius 2 is 2.26 bits per heavy atom. The number of rotatable bonds is 6. The van der Waals surface area contributed by atoms with Crippen molar-refractivity contribution in [3.05, 3.63) is 18.0 Å². The van der Waals surface area contributed by atoms with E-state index in [1.807, 2.05) is 24.0 Å². The van der Waals surface area contributed by atoms with Crippen molar-refractivity contribution < 1.29 is 4.79 Å². The second-order valence-electron chi connectivity index (χ2n) is 5.27. The van der Waals surface area contributed by atoms with E-state index in [2.05, 4.69) is 22.2 Å². The van der Waals surface area contributed by atoms with Crippen molar-refractivity contribution in [1.82, 2.24) is 20.0 Å². The lowest BCUT2D eigenvalue weighted by molar-refractivity contribution is 0.0944. The van der Waals surface area contributed by atoms with Crippen LogP contribution in [0.15, 0.2) is 12.3 Å². The van der Waals surface area contributed by atoms with Crippen molar-refractivity contribution in [3.63, 3.8) is 0 Å². The molecular weight excluding hydrogens is 240 g/mol. The molecule has 1 heterocycles. The zero-order valence-corrected chi connectivity index (χ0v) is 11.9. The Morgan fingerprint density at radius 3 is 2.95 bits per heavy atom. The van der Waals surface area contributed by atoms with E-state index in [1.54, 1.807) is 0 Å². The molecule has 0 unspecified atom stereocenters. The molecule has 0 aromatic carbocycles. The molecule has 1 aromatic heterocycles. The van der Waals surface area contributed by atoms with Gasteiger partial charge in [0.15, 0.2) is 0 Å². The zero-order chi connectivity index (χ0) is 13.7. The molecule has 1 aliphatic rings. The topological polar surface area (TPSA) is 50.2 Å². The normalized spacial score (nSPS) is 16.2. The second kappa shape index (κ2) is 6.70. The van der Waals surface area contributed by atoms with Crippen LogP contribution in [0, 0.1) is 0 Å². The van der Waals surface area contributed by atoms with Crippen LogP contribution < -0.4 is 5.32 Å². The molecule has 0 spiro atoms. The van der Waals surface area contributed by atoms with Crippen molar-refractivity contribution >= 4 is 5.91 Å². The van der Waals surface area contributed by atoms with Crippen LogP contribution in [-0.2, 0) is 0 Å². The maximum atomic E-state index is 11.9. The summed E-state index contributed by atoms with van der Waals surface area (Å²) in [6.45, 7) is 4.63. The minimum atomic E-state index is -0.0683. The highest BCUT2D eigenvalue weighted by atomic mass is 16.1. The standard InChI is InChI=1S/C14H24N4O/c1-3-17(2)11-9-15-14(19)13-8-10-18(16-13)12-6-4-5-7-12/h8,10,12H,3-7,9,11H2,1-2H3,(H,15,19). The quantitative estimate of drug-likeness (QED) is 0.850. The van der Waals surface area contributed by atoms with Crippen LogP contribution in [0.3, 0.4) is 0 Å². The lowest BCUT2D eigenvalue weighted by Crippen LogP contribution is -2.33. The first-order valence-corrected chi connectivity index (χ1v) is 7.22. The smallest absolute Gasteiger partial charge is 0.271 e. The number of likely N-dealkylation sites (N-methyl/N-ethyl adjacent to an activating group) is 1. The molecule has 5 nitrogen and oxygen atoms in total. The predicted octanol–water partition coefficient (Wildman–Crippen LogP) is 1.68. The van der Waals surface area contributed by atoms with E-state index >= 15 is 0 Å². The summed E-state index contributed by atoms with van der Waals surface area (Å²) in [6, 6.07) is 2.31. The third kappa shape index (κ3) is 3.80. The van der Waals surface area contributed by atoms with Crippen LogP contribution in [0.25, 0.3) is 0 Å². The number of nitrogens with one attached hydrogen (secondary N) is 1. The Kier molecular flexibility index (Phi) is 4.96. The maximum Gasteiger partial charge on any atom is 0.271 e. The first-order valence-electron chi connectivity index (χ1n) is 7.22. The molecule has 0 saturated heterocycles. The fraction of sp³-hybridized carbons (Fsp3) is 0.714. The van der Waals surface area contributed by atoms with E-state index in [0.717, 1.165) is 13.1 Å². The van der Waals surface area contributed by atoms with Crippen LogP contribution in [-0.4, -0.2) is 47.3 Å². The molecule has 1 amide bonds. The molecule has 1 saturated carbocycles.